The van der Waals surface area contributed by atoms with E-state index in [1.165, 1.54) is 6.07 Å². The normalized spacial score (nSPS) is 12.2. The van der Waals surface area contributed by atoms with Crippen LogP contribution in [0.2, 0.25) is 0 Å². The Balaban J connectivity index is 0.00000353. The molecule has 5 N–H and O–H groups in total. The first-order chi connectivity index (χ1) is 19.9. The number of aromatic hydroxyl groups is 1. The van der Waals surface area contributed by atoms with Crippen molar-refractivity contribution < 1.29 is 104 Å². The van der Waals surface area contributed by atoms with E-state index in [1.807, 2.05) is 0 Å². The van der Waals surface area contributed by atoms with Gasteiger partial charge in [-0.25, -0.2) is 30.4 Å². The molecule has 23 heteroatoms. The topological polar surface area (TPSA) is 313 Å². The molecule has 0 saturated heterocycles. The van der Waals surface area contributed by atoms with E-state index in [2.05, 4.69) is 20.5 Å². The van der Waals surface area contributed by atoms with Crippen LogP contribution in [0.4, 0.5) is 34.1 Å². The van der Waals surface area contributed by atoms with Crippen LogP contribution in [0.1, 0.15) is 0 Å². The minimum atomic E-state index is -5.37. The Morgan fingerprint density at radius 3 is 1.82 bits per heavy atom. The molecule has 0 atom stereocenters. The maximum Gasteiger partial charge on any atom is 1.00 e. The molecule has 4 rings (SSSR count). The minimum absolute atomic E-state index is 0. The number of anilines is 1. The molecule has 0 fully saturated rings. The van der Waals surface area contributed by atoms with E-state index in [9.17, 15) is 49.6 Å². The summed E-state index contributed by atoms with van der Waals surface area (Å²) < 4.78 is 94.3. The van der Waals surface area contributed by atoms with Gasteiger partial charge in [0.25, 0.3) is 5.69 Å². The van der Waals surface area contributed by atoms with Crippen molar-refractivity contribution in [3.63, 3.8) is 0 Å². The minimum Gasteiger partial charge on any atom is -0.744 e. The first kappa shape index (κ1) is 38.3. The maximum atomic E-state index is 12.1. The number of nitrogens with zero attached hydrogens (tertiary/aromatic N) is 5. The molecule has 0 unspecified atom stereocenters. The number of azo groups is 2. The van der Waals surface area contributed by atoms with Gasteiger partial charge in [0.15, 0.2) is 5.75 Å². The number of hydrogen-bond donors (Lipinski definition) is 3. The summed E-state index contributed by atoms with van der Waals surface area (Å²) in [5, 5.41) is 41.3. The number of hydrogen-bond acceptors (Lipinski definition) is 16. The van der Waals surface area contributed by atoms with Gasteiger partial charge in [0, 0.05) is 23.2 Å². The van der Waals surface area contributed by atoms with E-state index in [-0.39, 0.29) is 91.8 Å². The van der Waals surface area contributed by atoms with Crippen LogP contribution in [0.5, 0.6) is 5.75 Å². The Labute approximate surface area is 298 Å². The Hall–Kier alpha value is -2.93. The zero-order valence-corrected chi connectivity index (χ0v) is 29.4. The standard InChI is InChI=1S/C22H17N7O11S3.2Na/c23-15-6-8-16(26-27-17-7-3-12(29(31)32)9-18(17)42(35,36)37)14-10-19(43(38,39)40)21(22(30)20(14)15)28-25-11-1-4-13(5-2-11)41(24,33)34;;/h1-10,30H,23H2,(H2,24,33,34)(H,35,36,37)(H,38,39,40);;/q;2*+1/p-2. The van der Waals surface area contributed by atoms with Crippen LogP contribution in [-0.2, 0) is 30.3 Å². The quantitative estimate of drug-likeness (QED) is 0.0424. The van der Waals surface area contributed by atoms with Gasteiger partial charge in [-0.2, -0.15) is 5.11 Å². The van der Waals surface area contributed by atoms with Crippen molar-refractivity contribution in [3.8, 4) is 5.75 Å². The molecule has 0 heterocycles. The molecule has 0 aliphatic heterocycles. The Bertz CT molecular complexity index is 2210. The second-order valence-electron chi connectivity index (χ2n) is 8.42. The van der Waals surface area contributed by atoms with Gasteiger partial charge >= 0.3 is 59.1 Å². The van der Waals surface area contributed by atoms with Crippen LogP contribution < -0.4 is 70.0 Å². The molecule has 0 aromatic heterocycles. The van der Waals surface area contributed by atoms with Crippen LogP contribution in [0.25, 0.3) is 10.8 Å². The van der Waals surface area contributed by atoms with Gasteiger partial charge in [-0.1, -0.05) is 0 Å². The number of primary sulfonamides is 1. The second-order valence-corrected chi connectivity index (χ2v) is 12.7. The number of nitrogens with two attached hydrogens (primary N) is 2. The van der Waals surface area contributed by atoms with Crippen LogP contribution in [0.15, 0.2) is 95.8 Å². The van der Waals surface area contributed by atoms with Crippen molar-refractivity contribution in [2.75, 3.05) is 5.73 Å². The number of rotatable bonds is 8. The van der Waals surface area contributed by atoms with Crippen LogP contribution in [0, 0.1) is 10.1 Å². The number of phenols is 1. The molecule has 4 aromatic carbocycles. The van der Waals surface area contributed by atoms with Gasteiger partial charge in [0.2, 0.25) is 10.0 Å². The van der Waals surface area contributed by atoms with E-state index in [1.54, 1.807) is 0 Å². The maximum absolute atomic E-state index is 12.1. The van der Waals surface area contributed by atoms with Gasteiger partial charge < -0.3 is 19.9 Å². The number of benzene rings is 4. The van der Waals surface area contributed by atoms with Gasteiger partial charge in [-0.05, 0) is 48.5 Å². The van der Waals surface area contributed by atoms with E-state index in [0.717, 1.165) is 48.5 Å². The fourth-order valence-electron chi connectivity index (χ4n) is 3.66. The predicted molar refractivity (Wildman–Crippen MR) is 145 cm³/mol. The third-order valence-corrected chi connectivity index (χ3v) is 8.26. The van der Waals surface area contributed by atoms with Crippen molar-refractivity contribution in [2.45, 2.75) is 14.7 Å². The number of phenolic OH excluding ortho intramolecular Hbond substituents is 1. The molecule has 0 bridgehead atoms. The van der Waals surface area contributed by atoms with Gasteiger partial charge in [-0.15, -0.1) is 15.3 Å². The summed E-state index contributed by atoms with van der Waals surface area (Å²) in [6, 6.07) is 9.76. The average Bonchev–Trinajstić information content (AvgIpc) is 2.90. The number of nitro benzene ring substituents is 1. The molecule has 18 nitrogen and oxygen atoms in total. The monoisotopic (exact) mass is 695 g/mol. The Kier molecular flexibility index (Phi) is 12.1. The molecule has 45 heavy (non-hydrogen) atoms. The van der Waals surface area contributed by atoms with Crippen molar-refractivity contribution in [2.24, 2.45) is 25.6 Å². The first-order valence-corrected chi connectivity index (χ1v) is 15.5. The largest absolute Gasteiger partial charge is 1.00 e. The summed E-state index contributed by atoms with van der Waals surface area (Å²) in [6.45, 7) is 0. The van der Waals surface area contributed by atoms with E-state index >= 15 is 0 Å². The van der Waals surface area contributed by atoms with E-state index in [0.29, 0.717) is 6.07 Å². The number of non-ortho nitro benzene ring substituents is 1. The molecule has 0 aliphatic carbocycles. The molecule has 0 spiro atoms. The Morgan fingerprint density at radius 2 is 1.29 bits per heavy atom. The van der Waals surface area contributed by atoms with Crippen molar-refractivity contribution >= 4 is 75.2 Å². The summed E-state index contributed by atoms with van der Waals surface area (Å²) in [7, 11) is -14.7. The van der Waals surface area contributed by atoms with E-state index < -0.39 is 67.8 Å². The fourth-order valence-corrected chi connectivity index (χ4v) is 5.44. The first-order valence-electron chi connectivity index (χ1n) is 11.1. The van der Waals surface area contributed by atoms with Crippen LogP contribution in [-0.4, -0.2) is 44.4 Å². The second kappa shape index (κ2) is 14.2. The van der Waals surface area contributed by atoms with Gasteiger partial charge in [0.1, 0.15) is 31.6 Å². The average molecular weight is 696 g/mol. The molecule has 224 valence electrons. The summed E-state index contributed by atoms with van der Waals surface area (Å²) >= 11 is 0. The smallest absolute Gasteiger partial charge is 0.744 e. The van der Waals surface area contributed by atoms with Gasteiger partial charge in [-0.3, -0.25) is 10.1 Å². The summed E-state index contributed by atoms with van der Waals surface area (Å²) in [4.78, 5) is 7.65. The summed E-state index contributed by atoms with van der Waals surface area (Å²) in [5.41, 5.74) is 3.35. The van der Waals surface area contributed by atoms with Crippen molar-refractivity contribution in [1.82, 2.24) is 0 Å². The molecule has 0 aliphatic rings. The third kappa shape index (κ3) is 8.66. The fraction of sp³-hybridized carbons (Fsp3) is 0. The molecule has 0 radical (unpaired) electrons. The SMILES string of the molecule is Nc1ccc(N=Nc2ccc([N+](=O)[O-])cc2S(=O)(=O)[O-])c2cc(S(=O)(=O)[O-])c(N=Nc3ccc(S(N)(=O)=O)cc3)c(O)c12.[Na+].[Na+]. The Morgan fingerprint density at radius 1 is 0.733 bits per heavy atom. The number of nitro groups is 1. The molecule has 0 saturated carbocycles. The molecule has 4 aromatic rings. The van der Waals surface area contributed by atoms with E-state index in [4.69, 9.17) is 10.9 Å². The van der Waals surface area contributed by atoms with Crippen molar-refractivity contribution in [1.29, 1.82) is 0 Å². The zero-order chi connectivity index (χ0) is 31.9. The summed E-state index contributed by atoms with van der Waals surface area (Å²) in [5.74, 6) is -0.926. The number of sulfonamides is 1. The van der Waals surface area contributed by atoms with Crippen LogP contribution >= 0.6 is 0 Å². The van der Waals surface area contributed by atoms with Crippen molar-refractivity contribution in [3.05, 3.63) is 70.8 Å². The summed E-state index contributed by atoms with van der Waals surface area (Å²) in [6.07, 6.45) is 0. The third-order valence-electron chi connectivity index (χ3n) is 5.61. The number of nitrogen functional groups attached to an aromatic ring is 1. The predicted octanol–water partition coefficient (Wildman–Crippen LogP) is -2.67. The zero-order valence-electron chi connectivity index (χ0n) is 22.9. The van der Waals surface area contributed by atoms with Gasteiger partial charge in [0.05, 0.1) is 36.4 Å². The number of fused-ring (bicyclic) bond motifs is 1. The molecular weight excluding hydrogens is 680 g/mol. The molecular formula is C22H15N7Na2O11S3. The van der Waals surface area contributed by atoms with Crippen LogP contribution in [0.3, 0.4) is 0 Å². The molecule has 0 amide bonds.